The molecule has 3 N–H and O–H groups in total. The van der Waals surface area contributed by atoms with Gasteiger partial charge in [0.05, 0.1) is 24.5 Å². The third kappa shape index (κ3) is 3.98. The number of hydrogen-bond donors (Lipinski definition) is 3. The number of urea groups is 1. The third-order valence-electron chi connectivity index (χ3n) is 7.45. The summed E-state index contributed by atoms with van der Waals surface area (Å²) < 4.78 is 0. The van der Waals surface area contributed by atoms with E-state index in [1.165, 1.54) is 5.56 Å². The van der Waals surface area contributed by atoms with Crippen molar-refractivity contribution in [1.82, 2.24) is 30.3 Å². The number of benzene rings is 1. The molecule has 2 aliphatic heterocycles. The van der Waals surface area contributed by atoms with Crippen LogP contribution >= 0.6 is 0 Å². The fraction of sp³-hybridized carbons (Fsp3) is 0.407. The molecule has 0 saturated carbocycles. The van der Waals surface area contributed by atoms with Crippen LogP contribution in [0.15, 0.2) is 48.8 Å². The van der Waals surface area contributed by atoms with Crippen molar-refractivity contribution >= 4 is 11.9 Å². The van der Waals surface area contributed by atoms with E-state index in [4.69, 9.17) is 0 Å². The minimum Gasteiger partial charge on any atom is -0.380 e. The van der Waals surface area contributed by atoms with Gasteiger partial charge in [0, 0.05) is 42.0 Å². The number of pyridine rings is 1. The number of hydrogen-bond acceptors (Lipinski definition) is 6. The zero-order valence-electron chi connectivity index (χ0n) is 21.1. The van der Waals surface area contributed by atoms with E-state index in [-0.39, 0.29) is 19.0 Å². The molecule has 3 amide bonds. The summed E-state index contributed by atoms with van der Waals surface area (Å²) in [4.78, 5) is 31.6. The Kier molecular flexibility index (Phi) is 5.92. The van der Waals surface area contributed by atoms with Crippen LogP contribution in [-0.4, -0.2) is 68.7 Å². The predicted molar refractivity (Wildman–Crippen MR) is 135 cm³/mol. The molecule has 3 aromatic rings. The molecule has 1 atom stereocenters. The summed E-state index contributed by atoms with van der Waals surface area (Å²) >= 11 is 0. The number of H-pyrrole nitrogens is 1. The van der Waals surface area contributed by atoms with Gasteiger partial charge >= 0.3 is 6.03 Å². The largest absolute Gasteiger partial charge is 0.380 e. The zero-order chi connectivity index (χ0) is 25.7. The summed E-state index contributed by atoms with van der Waals surface area (Å²) in [6.07, 6.45) is 3.43. The molecule has 0 bridgehead atoms. The average molecular weight is 489 g/mol. The highest BCUT2D eigenvalue weighted by atomic mass is 16.3. The number of aromatic nitrogens is 3. The molecule has 0 unspecified atom stereocenters. The number of nitrogens with zero attached hydrogens (tertiary/aromatic N) is 4. The van der Waals surface area contributed by atoms with Crippen LogP contribution in [0.5, 0.6) is 0 Å². The molecule has 9 nitrogen and oxygen atoms in total. The lowest BCUT2D eigenvalue weighted by molar-refractivity contribution is -0.127. The molecule has 0 radical (unpaired) electrons. The fourth-order valence-corrected chi connectivity index (χ4v) is 5.50. The van der Waals surface area contributed by atoms with E-state index in [1.54, 1.807) is 18.5 Å². The zero-order valence-corrected chi connectivity index (χ0v) is 21.1. The number of imide groups is 1. The quantitative estimate of drug-likeness (QED) is 0.441. The van der Waals surface area contributed by atoms with Crippen LogP contribution in [0.4, 0.5) is 4.79 Å². The van der Waals surface area contributed by atoms with Crippen molar-refractivity contribution in [3.8, 4) is 11.3 Å². The van der Waals surface area contributed by atoms with E-state index in [0.717, 1.165) is 29.1 Å². The Morgan fingerprint density at radius 1 is 1.11 bits per heavy atom. The molecule has 5 rings (SSSR count). The Labute approximate surface area is 210 Å². The van der Waals surface area contributed by atoms with Gasteiger partial charge in [0.1, 0.15) is 5.60 Å². The molecule has 0 aliphatic carbocycles. The molecular weight excluding hydrogens is 456 g/mol. The second kappa shape index (κ2) is 8.83. The number of carbonyl (C=O) groups is 2. The van der Waals surface area contributed by atoms with Gasteiger partial charge in [0.15, 0.2) is 0 Å². The third-order valence-corrected chi connectivity index (χ3v) is 7.45. The molecule has 2 saturated heterocycles. The van der Waals surface area contributed by atoms with E-state index in [2.05, 4.69) is 65.3 Å². The first kappa shape index (κ1) is 24.1. The molecule has 9 heteroatoms. The molecule has 36 heavy (non-hydrogen) atoms. The smallest absolute Gasteiger partial charge is 0.324 e. The molecule has 188 valence electrons. The normalized spacial score (nSPS) is 19.3. The van der Waals surface area contributed by atoms with E-state index in [0.29, 0.717) is 22.9 Å². The molecule has 2 fully saturated rings. The Hall–Kier alpha value is -3.56. The SMILES string of the molecule is CC(C)c1ccc([C@](O)(c2cncc(-c3cc(CN4C(=O)CNC4=O)[nH]n3)c2)C2(C)CN(C)C2)cc1. The summed E-state index contributed by atoms with van der Waals surface area (Å²) in [7, 11) is 2.05. The summed E-state index contributed by atoms with van der Waals surface area (Å²) in [6, 6.07) is 11.5. The van der Waals surface area contributed by atoms with Crippen molar-refractivity contribution in [2.45, 2.75) is 38.8 Å². The van der Waals surface area contributed by atoms with Crippen LogP contribution in [0, 0.1) is 5.41 Å². The molecule has 1 aromatic carbocycles. The van der Waals surface area contributed by atoms with Crippen molar-refractivity contribution in [3.05, 3.63) is 71.2 Å². The van der Waals surface area contributed by atoms with Crippen LogP contribution in [0.3, 0.4) is 0 Å². The number of rotatable bonds is 7. The number of carbonyl (C=O) groups excluding carboxylic acids is 2. The number of likely N-dealkylation sites (tertiary alicyclic amines) is 1. The lowest BCUT2D eigenvalue weighted by Crippen LogP contribution is -2.63. The monoisotopic (exact) mass is 488 g/mol. The van der Waals surface area contributed by atoms with Crippen LogP contribution in [-0.2, 0) is 16.9 Å². The minimum absolute atomic E-state index is 0.0104. The van der Waals surface area contributed by atoms with Crippen molar-refractivity contribution < 1.29 is 14.7 Å². The van der Waals surface area contributed by atoms with E-state index < -0.39 is 17.0 Å². The van der Waals surface area contributed by atoms with Crippen LogP contribution < -0.4 is 5.32 Å². The predicted octanol–water partition coefficient (Wildman–Crippen LogP) is 2.83. The van der Waals surface area contributed by atoms with E-state index >= 15 is 0 Å². The van der Waals surface area contributed by atoms with Gasteiger partial charge in [-0.05, 0) is 36.2 Å². The van der Waals surface area contributed by atoms with Gasteiger partial charge in [0.2, 0.25) is 5.91 Å². The summed E-state index contributed by atoms with van der Waals surface area (Å²) in [6.45, 7) is 8.04. The van der Waals surface area contributed by atoms with Crippen LogP contribution in [0.1, 0.15) is 49.1 Å². The van der Waals surface area contributed by atoms with Gasteiger partial charge in [-0.15, -0.1) is 0 Å². The second-order valence-electron chi connectivity index (χ2n) is 10.6. The second-order valence-corrected chi connectivity index (χ2v) is 10.6. The lowest BCUT2D eigenvalue weighted by Gasteiger charge is -2.55. The van der Waals surface area contributed by atoms with Crippen molar-refractivity contribution in [3.63, 3.8) is 0 Å². The summed E-state index contributed by atoms with van der Waals surface area (Å²) in [5.41, 5.74) is 3.10. The Bertz CT molecular complexity index is 1280. The number of nitrogens with one attached hydrogen (secondary N) is 2. The van der Waals surface area contributed by atoms with Crippen LogP contribution in [0.25, 0.3) is 11.3 Å². The highest BCUT2D eigenvalue weighted by Crippen LogP contribution is 2.50. The summed E-state index contributed by atoms with van der Waals surface area (Å²) in [5.74, 6) is 0.130. The van der Waals surface area contributed by atoms with Gasteiger partial charge in [0.25, 0.3) is 0 Å². The van der Waals surface area contributed by atoms with Gasteiger partial charge in [-0.3, -0.25) is 19.8 Å². The molecule has 0 spiro atoms. The maximum atomic E-state index is 12.4. The molecule has 2 aliphatic rings. The maximum absolute atomic E-state index is 12.4. The Morgan fingerprint density at radius 3 is 2.44 bits per heavy atom. The van der Waals surface area contributed by atoms with Gasteiger partial charge in [-0.2, -0.15) is 5.10 Å². The van der Waals surface area contributed by atoms with Crippen molar-refractivity contribution in [1.29, 1.82) is 0 Å². The topological polar surface area (TPSA) is 114 Å². The van der Waals surface area contributed by atoms with Crippen molar-refractivity contribution in [2.24, 2.45) is 5.41 Å². The molecule has 4 heterocycles. The molecule has 2 aromatic heterocycles. The van der Waals surface area contributed by atoms with Gasteiger partial charge in [-0.25, -0.2) is 4.79 Å². The fourth-order valence-electron chi connectivity index (χ4n) is 5.50. The Balaban J connectivity index is 1.50. The lowest BCUT2D eigenvalue weighted by atomic mass is 9.62. The maximum Gasteiger partial charge on any atom is 0.324 e. The highest BCUT2D eigenvalue weighted by Gasteiger charge is 2.55. The highest BCUT2D eigenvalue weighted by molar-refractivity contribution is 6.01. The summed E-state index contributed by atoms with van der Waals surface area (Å²) in [5, 5.41) is 22.2. The van der Waals surface area contributed by atoms with Gasteiger partial charge < -0.3 is 15.3 Å². The standard InChI is InChI=1S/C27H32N6O3/c1-17(2)18-5-7-20(8-6-18)27(36,26(3)15-32(4)16-26)21-9-19(11-28-12-21)23-10-22(30-31-23)14-33-24(34)13-29-25(33)35/h5-12,17,36H,13-16H2,1-4H3,(H,29,35)(H,30,31)/t27-/m0/s1. The Morgan fingerprint density at radius 2 is 1.83 bits per heavy atom. The van der Waals surface area contributed by atoms with Gasteiger partial charge in [-0.1, -0.05) is 45.0 Å². The first-order chi connectivity index (χ1) is 17.1. The van der Waals surface area contributed by atoms with E-state index in [1.807, 2.05) is 18.2 Å². The minimum atomic E-state index is -1.25. The first-order valence-corrected chi connectivity index (χ1v) is 12.2. The van der Waals surface area contributed by atoms with Crippen LogP contribution in [0.2, 0.25) is 0 Å². The van der Waals surface area contributed by atoms with Crippen molar-refractivity contribution in [2.75, 3.05) is 26.7 Å². The average Bonchev–Trinajstić information content (AvgIpc) is 3.45. The molecular formula is C27H32N6O3. The number of aromatic amines is 1. The first-order valence-electron chi connectivity index (χ1n) is 12.2. The number of amides is 3. The van der Waals surface area contributed by atoms with E-state index in [9.17, 15) is 14.7 Å². The number of aliphatic hydroxyl groups is 1.